The number of rotatable bonds is 4. The minimum absolute atomic E-state index is 0.151. The van der Waals surface area contributed by atoms with Crippen LogP contribution >= 0.6 is 15.9 Å². The second-order valence-corrected chi connectivity index (χ2v) is 6.24. The Balaban J connectivity index is 1.97. The van der Waals surface area contributed by atoms with Gasteiger partial charge in [-0.2, -0.15) is 5.10 Å². The van der Waals surface area contributed by atoms with E-state index in [1.54, 1.807) is 10.8 Å². The Morgan fingerprint density at radius 2 is 2.04 bits per heavy atom. The number of benzene rings is 2. The van der Waals surface area contributed by atoms with Crippen molar-refractivity contribution in [2.24, 2.45) is 7.05 Å². The summed E-state index contributed by atoms with van der Waals surface area (Å²) in [5.74, 6) is 0.715. The van der Waals surface area contributed by atoms with Crippen molar-refractivity contribution in [3.8, 4) is 0 Å². The number of aromatic nitrogens is 2. The van der Waals surface area contributed by atoms with Crippen molar-refractivity contribution >= 4 is 49.9 Å². The van der Waals surface area contributed by atoms with Crippen LogP contribution in [0.25, 0.3) is 10.9 Å². The van der Waals surface area contributed by atoms with Crippen molar-refractivity contribution in [1.82, 2.24) is 9.78 Å². The predicted octanol–water partition coefficient (Wildman–Crippen LogP) is 4.59. The van der Waals surface area contributed by atoms with Gasteiger partial charge >= 0.3 is 0 Å². The van der Waals surface area contributed by atoms with Crippen LogP contribution in [0.5, 0.6) is 0 Å². The lowest BCUT2D eigenvalue weighted by atomic mass is 10.2. The molecule has 0 radical (unpaired) electrons. The number of halogens is 1. The highest BCUT2D eigenvalue weighted by Gasteiger charge is 2.11. The van der Waals surface area contributed by atoms with Gasteiger partial charge in [-0.05, 0) is 49.4 Å². The average molecular weight is 385 g/mol. The highest BCUT2D eigenvalue weighted by molar-refractivity contribution is 9.10. The molecule has 0 fully saturated rings. The van der Waals surface area contributed by atoms with E-state index in [2.05, 4.69) is 31.7 Å². The number of nitrogens with one attached hydrogen (secondary N) is 2. The van der Waals surface area contributed by atoms with Crippen LogP contribution in [0.15, 0.2) is 59.1 Å². The van der Waals surface area contributed by atoms with Gasteiger partial charge in [-0.3, -0.25) is 9.48 Å². The summed E-state index contributed by atoms with van der Waals surface area (Å²) in [6.07, 6.45) is 3.20. The van der Waals surface area contributed by atoms with E-state index in [1.807, 2.05) is 56.4 Å². The van der Waals surface area contributed by atoms with Crippen LogP contribution in [0.2, 0.25) is 0 Å². The van der Waals surface area contributed by atoms with E-state index in [0.29, 0.717) is 0 Å². The number of allylic oxidation sites excluding steroid dienone is 1. The van der Waals surface area contributed by atoms with Crippen LogP contribution in [0.3, 0.4) is 0 Å². The molecule has 0 spiro atoms. The minimum Gasteiger partial charge on any atom is -0.340 e. The van der Waals surface area contributed by atoms with E-state index >= 15 is 0 Å². The van der Waals surface area contributed by atoms with Crippen molar-refractivity contribution in [1.29, 1.82) is 0 Å². The van der Waals surface area contributed by atoms with Gasteiger partial charge in [0, 0.05) is 28.3 Å². The predicted molar refractivity (Wildman–Crippen MR) is 102 cm³/mol. The maximum absolute atomic E-state index is 11.7. The SMILES string of the molecule is C/C=C/C(=O)Nc1ccc2nn(C)c(Nc3cccc(Br)c3)c2c1. The standard InChI is InChI=1S/C18H17BrN4O/c1-3-5-17(24)20-14-8-9-16-15(11-14)18(23(2)22-16)21-13-7-4-6-12(19)10-13/h3-11,21H,1-2H3,(H,20,24)/b5-3+. The summed E-state index contributed by atoms with van der Waals surface area (Å²) in [7, 11) is 1.89. The van der Waals surface area contributed by atoms with E-state index in [-0.39, 0.29) is 5.91 Å². The molecule has 0 atom stereocenters. The molecule has 24 heavy (non-hydrogen) atoms. The zero-order valence-electron chi connectivity index (χ0n) is 13.4. The topological polar surface area (TPSA) is 59.0 Å². The van der Waals surface area contributed by atoms with Crippen LogP contribution in [0.4, 0.5) is 17.2 Å². The fourth-order valence-corrected chi connectivity index (χ4v) is 2.86. The van der Waals surface area contributed by atoms with E-state index in [0.717, 1.165) is 32.6 Å². The van der Waals surface area contributed by atoms with Gasteiger partial charge < -0.3 is 10.6 Å². The fraction of sp³-hybridized carbons (Fsp3) is 0.111. The summed E-state index contributed by atoms with van der Waals surface area (Å²) in [5, 5.41) is 11.7. The first-order chi connectivity index (χ1) is 11.6. The molecular formula is C18H17BrN4O. The van der Waals surface area contributed by atoms with Gasteiger partial charge in [0.1, 0.15) is 5.82 Å². The van der Waals surface area contributed by atoms with Crippen LogP contribution in [0, 0.1) is 0 Å². The van der Waals surface area contributed by atoms with Crippen LogP contribution in [-0.4, -0.2) is 15.7 Å². The van der Waals surface area contributed by atoms with Gasteiger partial charge in [0.15, 0.2) is 0 Å². The van der Waals surface area contributed by atoms with E-state index < -0.39 is 0 Å². The lowest BCUT2D eigenvalue weighted by Crippen LogP contribution is -2.07. The Morgan fingerprint density at radius 1 is 1.21 bits per heavy atom. The molecule has 0 aliphatic carbocycles. The van der Waals surface area contributed by atoms with Crippen LogP contribution < -0.4 is 10.6 Å². The molecule has 122 valence electrons. The van der Waals surface area contributed by atoms with Gasteiger partial charge in [-0.15, -0.1) is 0 Å². The van der Waals surface area contributed by atoms with Crippen molar-refractivity contribution in [3.63, 3.8) is 0 Å². The number of hydrogen-bond acceptors (Lipinski definition) is 3. The third-order valence-corrected chi connectivity index (χ3v) is 4.00. The Hall–Kier alpha value is -2.60. The van der Waals surface area contributed by atoms with Gasteiger partial charge in [0.2, 0.25) is 5.91 Å². The monoisotopic (exact) mass is 384 g/mol. The molecule has 0 saturated carbocycles. The summed E-state index contributed by atoms with van der Waals surface area (Å²) < 4.78 is 2.79. The summed E-state index contributed by atoms with van der Waals surface area (Å²) in [6.45, 7) is 1.81. The molecule has 0 aliphatic rings. The second kappa shape index (κ2) is 6.88. The fourth-order valence-electron chi connectivity index (χ4n) is 2.46. The first-order valence-corrected chi connectivity index (χ1v) is 8.29. The average Bonchev–Trinajstić information content (AvgIpc) is 2.83. The normalized spacial score (nSPS) is 11.1. The third-order valence-electron chi connectivity index (χ3n) is 3.51. The number of hydrogen-bond donors (Lipinski definition) is 2. The molecule has 0 unspecified atom stereocenters. The highest BCUT2D eigenvalue weighted by Crippen LogP contribution is 2.29. The molecule has 5 nitrogen and oxygen atoms in total. The summed E-state index contributed by atoms with van der Waals surface area (Å²) in [6, 6.07) is 13.6. The highest BCUT2D eigenvalue weighted by atomic mass is 79.9. The molecule has 3 rings (SSSR count). The molecule has 0 bridgehead atoms. The number of carbonyl (C=O) groups excluding carboxylic acids is 1. The minimum atomic E-state index is -0.151. The first kappa shape index (κ1) is 16.3. The number of fused-ring (bicyclic) bond motifs is 1. The number of carbonyl (C=O) groups is 1. The quantitative estimate of drug-likeness (QED) is 0.646. The number of anilines is 3. The molecule has 1 heterocycles. The lowest BCUT2D eigenvalue weighted by Gasteiger charge is -2.08. The maximum atomic E-state index is 11.7. The molecule has 1 amide bonds. The van der Waals surface area contributed by atoms with Gasteiger partial charge in [-0.25, -0.2) is 0 Å². The summed E-state index contributed by atoms with van der Waals surface area (Å²) >= 11 is 3.47. The number of nitrogens with zero attached hydrogens (tertiary/aromatic N) is 2. The zero-order valence-corrected chi connectivity index (χ0v) is 15.0. The van der Waals surface area contributed by atoms with Crippen molar-refractivity contribution in [2.75, 3.05) is 10.6 Å². The molecule has 6 heteroatoms. The summed E-state index contributed by atoms with van der Waals surface area (Å²) in [4.78, 5) is 11.7. The van der Waals surface area contributed by atoms with E-state index in [9.17, 15) is 4.79 Å². The lowest BCUT2D eigenvalue weighted by molar-refractivity contribution is -0.111. The van der Waals surface area contributed by atoms with Crippen LogP contribution in [0.1, 0.15) is 6.92 Å². The number of aryl methyl sites for hydroxylation is 1. The Bertz CT molecular complexity index is 930. The molecule has 2 aromatic carbocycles. The molecule has 0 saturated heterocycles. The maximum Gasteiger partial charge on any atom is 0.248 e. The van der Waals surface area contributed by atoms with Gasteiger partial charge in [0.25, 0.3) is 0 Å². The van der Waals surface area contributed by atoms with Crippen molar-refractivity contribution in [3.05, 3.63) is 59.1 Å². The molecule has 2 N–H and O–H groups in total. The zero-order chi connectivity index (χ0) is 17.1. The smallest absolute Gasteiger partial charge is 0.248 e. The molecular weight excluding hydrogens is 368 g/mol. The number of amides is 1. The van der Waals surface area contributed by atoms with Crippen molar-refractivity contribution in [2.45, 2.75) is 6.92 Å². The van der Waals surface area contributed by atoms with E-state index in [1.165, 1.54) is 6.08 Å². The Labute approximate surface area is 148 Å². The molecule has 0 aliphatic heterocycles. The largest absolute Gasteiger partial charge is 0.340 e. The van der Waals surface area contributed by atoms with Crippen molar-refractivity contribution < 1.29 is 4.79 Å². The van der Waals surface area contributed by atoms with Gasteiger partial charge in [0.05, 0.1) is 5.52 Å². The first-order valence-electron chi connectivity index (χ1n) is 7.50. The summed E-state index contributed by atoms with van der Waals surface area (Å²) in [5.41, 5.74) is 2.55. The second-order valence-electron chi connectivity index (χ2n) is 5.33. The van der Waals surface area contributed by atoms with E-state index in [4.69, 9.17) is 0 Å². The van der Waals surface area contributed by atoms with Gasteiger partial charge in [-0.1, -0.05) is 28.1 Å². The molecule has 3 aromatic rings. The Kier molecular flexibility index (Phi) is 4.66. The molecule has 1 aromatic heterocycles. The van der Waals surface area contributed by atoms with Crippen LogP contribution in [-0.2, 0) is 11.8 Å². The third kappa shape index (κ3) is 3.49. The Morgan fingerprint density at radius 3 is 2.79 bits per heavy atom.